The van der Waals surface area contributed by atoms with E-state index in [1.165, 1.54) is 7.11 Å². The maximum atomic E-state index is 13.0. The highest BCUT2D eigenvalue weighted by atomic mass is 16.5. The lowest BCUT2D eigenvalue weighted by Crippen LogP contribution is -2.43. The zero-order chi connectivity index (χ0) is 21.3. The first-order valence-electron chi connectivity index (χ1n) is 10.1. The van der Waals surface area contributed by atoms with Crippen molar-refractivity contribution in [2.24, 2.45) is 0 Å². The van der Waals surface area contributed by atoms with Crippen LogP contribution < -0.4 is 9.47 Å². The third-order valence-electron chi connectivity index (χ3n) is 6.11. The van der Waals surface area contributed by atoms with Crippen LogP contribution in [0.1, 0.15) is 22.6 Å². The fraction of sp³-hybridized carbons (Fsp3) is 0.320. The molecule has 0 aliphatic carbocycles. The van der Waals surface area contributed by atoms with Crippen LogP contribution in [0.5, 0.6) is 11.5 Å². The summed E-state index contributed by atoms with van der Waals surface area (Å²) in [6.07, 6.45) is 0.806. The number of carbonyl (C=O) groups excluding carboxylic acids is 1. The van der Waals surface area contributed by atoms with Gasteiger partial charge in [-0.2, -0.15) is 0 Å². The predicted molar refractivity (Wildman–Crippen MR) is 117 cm³/mol. The molecule has 1 heterocycles. The Kier molecular flexibility index (Phi) is 5.64. The fourth-order valence-electron chi connectivity index (χ4n) is 4.60. The highest BCUT2D eigenvalue weighted by molar-refractivity contribution is 5.88. The molecule has 156 valence electrons. The normalized spacial score (nSPS) is 19.1. The molecule has 0 amide bonds. The van der Waals surface area contributed by atoms with Crippen LogP contribution in [-0.4, -0.2) is 51.8 Å². The lowest BCUT2D eigenvalue weighted by Gasteiger charge is -2.32. The van der Waals surface area contributed by atoms with Gasteiger partial charge < -0.3 is 14.2 Å². The van der Waals surface area contributed by atoms with Crippen molar-refractivity contribution >= 4 is 16.7 Å². The van der Waals surface area contributed by atoms with Gasteiger partial charge in [0.05, 0.1) is 21.3 Å². The zero-order valence-electron chi connectivity index (χ0n) is 17.8. The second-order valence-corrected chi connectivity index (χ2v) is 7.65. The molecule has 30 heavy (non-hydrogen) atoms. The number of carbonyl (C=O) groups is 1. The largest absolute Gasteiger partial charge is 0.493 e. The van der Waals surface area contributed by atoms with Crippen LogP contribution in [0, 0.1) is 0 Å². The molecule has 1 aliphatic heterocycles. The molecule has 3 aromatic rings. The first-order valence-corrected chi connectivity index (χ1v) is 10.1. The van der Waals surface area contributed by atoms with Gasteiger partial charge in [-0.15, -0.1) is 0 Å². The maximum absolute atomic E-state index is 13.0. The minimum Gasteiger partial charge on any atom is -0.493 e. The molecule has 4 rings (SSSR count). The predicted octanol–water partition coefficient (Wildman–Crippen LogP) is 4.02. The molecule has 0 aromatic heterocycles. The van der Waals surface area contributed by atoms with Crippen LogP contribution in [0.2, 0.25) is 0 Å². The molecule has 0 unspecified atom stereocenters. The van der Waals surface area contributed by atoms with Crippen LogP contribution in [0.3, 0.4) is 0 Å². The summed E-state index contributed by atoms with van der Waals surface area (Å²) >= 11 is 0. The summed E-state index contributed by atoms with van der Waals surface area (Å²) in [6, 6.07) is 18.2. The Morgan fingerprint density at radius 2 is 1.63 bits per heavy atom. The molecule has 3 aromatic carbocycles. The number of nitrogens with zero attached hydrogens (tertiary/aromatic N) is 1. The fourth-order valence-corrected chi connectivity index (χ4v) is 4.60. The quantitative estimate of drug-likeness (QED) is 0.614. The van der Waals surface area contributed by atoms with Gasteiger partial charge in [0.25, 0.3) is 0 Å². The molecule has 0 radical (unpaired) electrons. The molecule has 1 aliphatic rings. The van der Waals surface area contributed by atoms with Gasteiger partial charge in [-0.05, 0) is 53.1 Å². The molecule has 0 N–H and O–H groups in total. The van der Waals surface area contributed by atoms with E-state index >= 15 is 0 Å². The van der Waals surface area contributed by atoms with Gasteiger partial charge in [-0.3, -0.25) is 9.69 Å². The number of ether oxygens (including phenoxy) is 3. The average Bonchev–Trinajstić information content (AvgIpc) is 2.93. The average molecular weight is 405 g/mol. The van der Waals surface area contributed by atoms with Crippen LogP contribution in [-0.2, 0) is 16.0 Å². The van der Waals surface area contributed by atoms with Crippen molar-refractivity contribution in [3.63, 3.8) is 0 Å². The molecular weight excluding hydrogens is 378 g/mol. The highest BCUT2D eigenvalue weighted by Crippen LogP contribution is 2.43. The molecule has 0 spiro atoms. The Morgan fingerprint density at radius 3 is 2.37 bits per heavy atom. The van der Waals surface area contributed by atoms with Gasteiger partial charge in [0.2, 0.25) is 0 Å². The van der Waals surface area contributed by atoms with Gasteiger partial charge in [-0.25, -0.2) is 0 Å². The van der Waals surface area contributed by atoms with Crippen molar-refractivity contribution in [2.75, 3.05) is 34.9 Å². The van der Waals surface area contributed by atoms with E-state index in [4.69, 9.17) is 14.2 Å². The van der Waals surface area contributed by atoms with Gasteiger partial charge in [0, 0.05) is 12.5 Å². The zero-order valence-corrected chi connectivity index (χ0v) is 17.8. The summed E-state index contributed by atoms with van der Waals surface area (Å²) in [5.41, 5.74) is 3.33. The van der Waals surface area contributed by atoms with E-state index in [2.05, 4.69) is 35.2 Å². The number of benzene rings is 3. The van der Waals surface area contributed by atoms with Crippen LogP contribution in [0.15, 0.2) is 54.6 Å². The van der Waals surface area contributed by atoms with Crippen molar-refractivity contribution in [3.8, 4) is 11.5 Å². The van der Waals surface area contributed by atoms with Crippen molar-refractivity contribution in [1.29, 1.82) is 0 Å². The summed E-state index contributed by atoms with van der Waals surface area (Å²) in [5.74, 6) is 0.922. The topological polar surface area (TPSA) is 48.0 Å². The molecular formula is C25H27NO4. The Bertz CT molecular complexity index is 1070. The van der Waals surface area contributed by atoms with Crippen LogP contribution in [0.25, 0.3) is 10.8 Å². The van der Waals surface area contributed by atoms with Crippen molar-refractivity contribution < 1.29 is 19.0 Å². The molecule has 0 saturated heterocycles. The number of fused-ring (bicyclic) bond motifs is 2. The number of methoxy groups -OCH3 is 3. The minimum absolute atomic E-state index is 0.203. The van der Waals surface area contributed by atoms with E-state index in [0.29, 0.717) is 11.5 Å². The molecule has 5 heteroatoms. The Balaban J connectivity index is 2.03. The van der Waals surface area contributed by atoms with E-state index in [1.807, 2.05) is 31.3 Å². The summed E-state index contributed by atoms with van der Waals surface area (Å²) in [5, 5.41) is 2.28. The Hall–Kier alpha value is -3.05. The molecule has 2 atom stereocenters. The monoisotopic (exact) mass is 405 g/mol. The number of esters is 1. The number of likely N-dealkylation sites (N-methyl/N-ethyl adjacent to an activating group) is 1. The van der Waals surface area contributed by atoms with Gasteiger partial charge in [-0.1, -0.05) is 42.5 Å². The molecule has 0 fully saturated rings. The molecule has 0 saturated carbocycles. The lowest BCUT2D eigenvalue weighted by atomic mass is 9.80. The van der Waals surface area contributed by atoms with Gasteiger partial charge in [0.1, 0.15) is 6.04 Å². The van der Waals surface area contributed by atoms with E-state index in [9.17, 15) is 4.79 Å². The second-order valence-electron chi connectivity index (χ2n) is 7.65. The van der Waals surface area contributed by atoms with Gasteiger partial charge >= 0.3 is 5.97 Å². The van der Waals surface area contributed by atoms with Crippen molar-refractivity contribution in [3.05, 3.63) is 71.3 Å². The van der Waals surface area contributed by atoms with Crippen molar-refractivity contribution in [2.45, 2.75) is 18.4 Å². The van der Waals surface area contributed by atoms with Gasteiger partial charge in [0.15, 0.2) is 11.5 Å². The van der Waals surface area contributed by atoms with Crippen molar-refractivity contribution in [1.82, 2.24) is 4.90 Å². The SMILES string of the molecule is COC(=O)[C@H]1[C@H](c2cccc3ccccc23)c2cc(OC)c(OC)cc2CCN1C. The lowest BCUT2D eigenvalue weighted by molar-refractivity contribution is -0.146. The third kappa shape index (κ3) is 3.39. The number of rotatable bonds is 4. The van der Waals surface area contributed by atoms with Crippen LogP contribution in [0.4, 0.5) is 0 Å². The smallest absolute Gasteiger partial charge is 0.324 e. The summed E-state index contributed by atoms with van der Waals surface area (Å²) < 4.78 is 16.4. The first kappa shape index (κ1) is 20.2. The molecule has 5 nitrogen and oxygen atoms in total. The second kappa shape index (κ2) is 8.36. The third-order valence-corrected chi connectivity index (χ3v) is 6.11. The Labute approximate surface area is 177 Å². The summed E-state index contributed by atoms with van der Waals surface area (Å²) in [7, 11) is 6.72. The van der Waals surface area contributed by atoms with E-state index in [1.54, 1.807) is 14.2 Å². The van der Waals surface area contributed by atoms with E-state index in [-0.39, 0.29) is 11.9 Å². The summed E-state index contributed by atoms with van der Waals surface area (Å²) in [4.78, 5) is 15.1. The maximum Gasteiger partial charge on any atom is 0.324 e. The number of hydrogen-bond donors (Lipinski definition) is 0. The van der Waals surface area contributed by atoms with E-state index in [0.717, 1.165) is 40.4 Å². The minimum atomic E-state index is -0.444. The first-order chi connectivity index (χ1) is 14.6. The highest BCUT2D eigenvalue weighted by Gasteiger charge is 2.39. The van der Waals surface area contributed by atoms with Crippen LogP contribution >= 0.6 is 0 Å². The van der Waals surface area contributed by atoms with E-state index < -0.39 is 6.04 Å². The number of hydrogen-bond acceptors (Lipinski definition) is 5. The summed E-state index contributed by atoms with van der Waals surface area (Å²) in [6.45, 7) is 0.740. The molecule has 0 bridgehead atoms. The standard InChI is InChI=1S/C25H27NO4/c1-26-13-12-17-14-21(28-2)22(29-3)15-20(17)23(24(26)25(27)30-4)19-11-7-9-16-8-5-6-10-18(16)19/h5-11,14-15,23-24H,12-13H2,1-4H3/t23-,24-/m1/s1. The Morgan fingerprint density at radius 1 is 0.933 bits per heavy atom.